The fourth-order valence-electron chi connectivity index (χ4n) is 1.77. The molecule has 0 fully saturated rings. The zero-order chi connectivity index (χ0) is 15.3. The molecule has 0 saturated heterocycles. The summed E-state index contributed by atoms with van der Waals surface area (Å²) >= 11 is 0. The van der Waals surface area contributed by atoms with Crippen LogP contribution >= 0.6 is 0 Å². The van der Waals surface area contributed by atoms with Crippen molar-refractivity contribution in [2.75, 3.05) is 19.6 Å². The van der Waals surface area contributed by atoms with Crippen LogP contribution in [0.5, 0.6) is 0 Å². The van der Waals surface area contributed by atoms with Crippen molar-refractivity contribution < 1.29 is 22.4 Å². The van der Waals surface area contributed by atoms with E-state index in [1.165, 1.54) is 12.1 Å². The van der Waals surface area contributed by atoms with Gasteiger partial charge in [0.15, 0.2) is 5.78 Å². The van der Waals surface area contributed by atoms with Crippen LogP contribution in [-0.4, -0.2) is 36.5 Å². The molecule has 0 bridgehead atoms. The van der Waals surface area contributed by atoms with Crippen molar-refractivity contribution in [2.24, 2.45) is 0 Å². The van der Waals surface area contributed by atoms with Crippen LogP contribution in [0.3, 0.4) is 0 Å². The van der Waals surface area contributed by atoms with Crippen LogP contribution in [-0.2, 0) is 0 Å². The molecule has 0 spiro atoms. The van der Waals surface area contributed by atoms with Crippen molar-refractivity contribution in [3.63, 3.8) is 0 Å². The van der Waals surface area contributed by atoms with Gasteiger partial charge in [-0.15, -0.1) is 0 Å². The van der Waals surface area contributed by atoms with Crippen LogP contribution in [0, 0.1) is 12.7 Å². The van der Waals surface area contributed by atoms with E-state index in [0.717, 1.165) is 11.0 Å². The largest absolute Gasteiger partial charge is 0.401 e. The number of Topliss-reactive ketones (excluding diaryl/α,β-unsaturated/α-hetero) is 1. The van der Waals surface area contributed by atoms with E-state index in [2.05, 4.69) is 0 Å². The maximum atomic E-state index is 13.3. The normalized spacial score (nSPS) is 11.9. The standard InChI is InChI=1S/C14H17F4NO/c1-3-19(9-14(16,17)18)7-6-13(20)11-5-4-10(2)12(15)8-11/h4-5,8H,3,6-7,9H2,1-2H3. The third-order valence-corrected chi connectivity index (χ3v) is 3.00. The summed E-state index contributed by atoms with van der Waals surface area (Å²) in [6, 6.07) is 4.09. The van der Waals surface area contributed by atoms with Crippen molar-refractivity contribution >= 4 is 5.78 Å². The summed E-state index contributed by atoms with van der Waals surface area (Å²) in [5.41, 5.74) is 0.616. The monoisotopic (exact) mass is 291 g/mol. The summed E-state index contributed by atoms with van der Waals surface area (Å²) < 4.78 is 50.1. The first-order chi connectivity index (χ1) is 9.23. The minimum Gasteiger partial charge on any atom is -0.295 e. The van der Waals surface area contributed by atoms with Crippen LogP contribution in [0.25, 0.3) is 0 Å². The Balaban J connectivity index is 2.59. The molecular weight excluding hydrogens is 274 g/mol. The maximum Gasteiger partial charge on any atom is 0.401 e. The van der Waals surface area contributed by atoms with Gasteiger partial charge in [0.2, 0.25) is 0 Å². The van der Waals surface area contributed by atoms with Gasteiger partial charge in [0.05, 0.1) is 6.54 Å². The first kappa shape index (κ1) is 16.6. The van der Waals surface area contributed by atoms with Crippen LogP contribution in [0.1, 0.15) is 29.3 Å². The lowest BCUT2D eigenvalue weighted by molar-refractivity contribution is -0.145. The first-order valence-electron chi connectivity index (χ1n) is 6.31. The molecule has 2 nitrogen and oxygen atoms in total. The lowest BCUT2D eigenvalue weighted by Crippen LogP contribution is -2.35. The van der Waals surface area contributed by atoms with Crippen LogP contribution in [0.4, 0.5) is 17.6 Å². The summed E-state index contributed by atoms with van der Waals surface area (Å²) in [7, 11) is 0. The molecule has 0 radical (unpaired) electrons. The van der Waals surface area contributed by atoms with Gasteiger partial charge < -0.3 is 0 Å². The second-order valence-electron chi connectivity index (χ2n) is 4.62. The van der Waals surface area contributed by atoms with Crippen molar-refractivity contribution in [3.8, 4) is 0 Å². The van der Waals surface area contributed by atoms with E-state index >= 15 is 0 Å². The number of ketones is 1. The molecule has 6 heteroatoms. The lowest BCUT2D eigenvalue weighted by atomic mass is 10.1. The van der Waals surface area contributed by atoms with Crippen molar-refractivity contribution in [2.45, 2.75) is 26.4 Å². The quantitative estimate of drug-likeness (QED) is 0.589. The average molecular weight is 291 g/mol. The summed E-state index contributed by atoms with van der Waals surface area (Å²) in [5.74, 6) is -0.844. The van der Waals surface area contributed by atoms with E-state index in [9.17, 15) is 22.4 Å². The Morgan fingerprint density at radius 2 is 1.95 bits per heavy atom. The molecule has 1 aromatic carbocycles. The second-order valence-corrected chi connectivity index (χ2v) is 4.62. The van der Waals surface area contributed by atoms with Gasteiger partial charge in [-0.25, -0.2) is 4.39 Å². The summed E-state index contributed by atoms with van der Waals surface area (Å²) in [5, 5.41) is 0. The Labute approximate surface area is 115 Å². The number of alkyl halides is 3. The van der Waals surface area contributed by atoms with Crippen molar-refractivity contribution in [1.82, 2.24) is 4.90 Å². The summed E-state index contributed by atoms with van der Waals surface area (Å²) in [6.07, 6.45) is -4.35. The second kappa shape index (κ2) is 6.83. The van der Waals surface area contributed by atoms with Gasteiger partial charge in [-0.3, -0.25) is 9.69 Å². The van der Waals surface area contributed by atoms with Crippen LogP contribution in [0.2, 0.25) is 0 Å². The van der Waals surface area contributed by atoms with Gasteiger partial charge >= 0.3 is 6.18 Å². The molecule has 1 rings (SSSR count). The maximum absolute atomic E-state index is 13.3. The summed E-state index contributed by atoms with van der Waals surface area (Å²) in [6.45, 7) is 2.34. The number of carbonyl (C=O) groups is 1. The molecule has 1 aromatic rings. The molecule has 0 N–H and O–H groups in total. The molecule has 0 aromatic heterocycles. The number of benzene rings is 1. The topological polar surface area (TPSA) is 20.3 Å². The number of hydrogen-bond acceptors (Lipinski definition) is 2. The van der Waals surface area contributed by atoms with E-state index in [1.54, 1.807) is 13.8 Å². The molecule has 0 aliphatic rings. The fraction of sp³-hybridized carbons (Fsp3) is 0.500. The van der Waals surface area contributed by atoms with E-state index in [-0.39, 0.29) is 30.9 Å². The number of carbonyl (C=O) groups excluding carboxylic acids is 1. The van der Waals surface area contributed by atoms with E-state index in [1.807, 2.05) is 0 Å². The lowest BCUT2D eigenvalue weighted by Gasteiger charge is -2.21. The minimum absolute atomic E-state index is 0.00430. The Morgan fingerprint density at radius 1 is 1.30 bits per heavy atom. The number of rotatable bonds is 6. The SMILES string of the molecule is CCN(CCC(=O)c1ccc(C)c(F)c1)CC(F)(F)F. The number of halogens is 4. The highest BCUT2D eigenvalue weighted by Crippen LogP contribution is 2.17. The highest BCUT2D eigenvalue weighted by Gasteiger charge is 2.30. The van der Waals surface area contributed by atoms with Gasteiger partial charge in [-0.2, -0.15) is 13.2 Å². The van der Waals surface area contributed by atoms with Gasteiger partial charge in [0.25, 0.3) is 0 Å². The number of nitrogens with zero attached hydrogens (tertiary/aromatic N) is 1. The van der Waals surface area contributed by atoms with Gasteiger partial charge in [0, 0.05) is 18.5 Å². The molecule has 0 unspecified atom stereocenters. The Kier molecular flexibility index (Phi) is 5.68. The predicted molar refractivity (Wildman–Crippen MR) is 68.3 cm³/mol. The number of hydrogen-bond donors (Lipinski definition) is 0. The Morgan fingerprint density at radius 3 is 2.45 bits per heavy atom. The number of aryl methyl sites for hydroxylation is 1. The molecule has 0 aliphatic carbocycles. The Bertz CT molecular complexity index is 471. The summed E-state index contributed by atoms with van der Waals surface area (Å²) in [4.78, 5) is 13.0. The molecule has 0 amide bonds. The predicted octanol–water partition coefficient (Wildman–Crippen LogP) is 3.59. The highest BCUT2D eigenvalue weighted by molar-refractivity contribution is 5.96. The molecule has 0 heterocycles. The van der Waals surface area contributed by atoms with Gasteiger partial charge in [-0.1, -0.05) is 19.1 Å². The van der Waals surface area contributed by atoms with Gasteiger partial charge in [-0.05, 0) is 25.1 Å². The van der Waals surface area contributed by atoms with Gasteiger partial charge in [0.1, 0.15) is 5.82 Å². The van der Waals surface area contributed by atoms with E-state index < -0.39 is 18.5 Å². The fourth-order valence-corrected chi connectivity index (χ4v) is 1.77. The van der Waals surface area contributed by atoms with Crippen molar-refractivity contribution in [3.05, 3.63) is 35.1 Å². The highest BCUT2D eigenvalue weighted by atomic mass is 19.4. The minimum atomic E-state index is -4.28. The molecule has 112 valence electrons. The van der Waals surface area contributed by atoms with E-state index in [4.69, 9.17) is 0 Å². The molecule has 0 atom stereocenters. The smallest absolute Gasteiger partial charge is 0.295 e. The van der Waals surface area contributed by atoms with Crippen LogP contribution in [0.15, 0.2) is 18.2 Å². The third-order valence-electron chi connectivity index (χ3n) is 3.00. The Hall–Kier alpha value is -1.43. The zero-order valence-corrected chi connectivity index (χ0v) is 11.4. The zero-order valence-electron chi connectivity index (χ0n) is 11.4. The van der Waals surface area contributed by atoms with Crippen molar-refractivity contribution in [1.29, 1.82) is 0 Å². The molecule has 0 aliphatic heterocycles. The van der Waals surface area contributed by atoms with Crippen LogP contribution < -0.4 is 0 Å². The molecule has 0 saturated carbocycles. The average Bonchev–Trinajstić information content (AvgIpc) is 2.36. The molecular formula is C14H17F4NO. The van der Waals surface area contributed by atoms with E-state index in [0.29, 0.717) is 5.56 Å². The third kappa shape index (κ3) is 5.28. The first-order valence-corrected chi connectivity index (χ1v) is 6.31. The molecule has 20 heavy (non-hydrogen) atoms.